The molecule has 146 valence electrons. The van der Waals surface area contributed by atoms with E-state index in [9.17, 15) is 4.21 Å². The smallest absolute Gasteiger partial charge is 0.215 e. The summed E-state index contributed by atoms with van der Waals surface area (Å²) in [5, 5.41) is 0.367. The molecule has 8 heteroatoms. The third kappa shape index (κ3) is 4.82. The van der Waals surface area contributed by atoms with E-state index in [2.05, 4.69) is 33.8 Å². The Balaban J connectivity index is 0.000000817. The SMILES string of the molecule is CCC.COc1ccc2[nH]c(S(=O)Cc3ncc(C)c(OC)c3C)nc2n1. The van der Waals surface area contributed by atoms with Crippen molar-refractivity contribution in [1.29, 1.82) is 0 Å². The highest BCUT2D eigenvalue weighted by Gasteiger charge is 2.16. The predicted molar refractivity (Wildman–Crippen MR) is 107 cm³/mol. The zero-order valence-corrected chi connectivity index (χ0v) is 17.4. The lowest BCUT2D eigenvalue weighted by atomic mass is 10.1. The molecule has 0 spiro atoms. The van der Waals surface area contributed by atoms with Crippen LogP contribution in [-0.4, -0.2) is 38.4 Å². The highest BCUT2D eigenvalue weighted by molar-refractivity contribution is 7.84. The maximum absolute atomic E-state index is 12.7. The first-order valence-electron chi connectivity index (χ1n) is 8.73. The molecule has 3 heterocycles. The number of H-pyrrole nitrogens is 1. The van der Waals surface area contributed by atoms with E-state index in [0.717, 1.165) is 22.6 Å². The largest absolute Gasteiger partial charge is 0.496 e. The van der Waals surface area contributed by atoms with Crippen LogP contribution in [0.5, 0.6) is 11.6 Å². The lowest BCUT2D eigenvalue weighted by Crippen LogP contribution is -2.05. The molecule has 0 aromatic carbocycles. The van der Waals surface area contributed by atoms with E-state index in [4.69, 9.17) is 9.47 Å². The summed E-state index contributed by atoms with van der Waals surface area (Å²) in [6, 6.07) is 3.52. The zero-order chi connectivity index (χ0) is 20.0. The minimum atomic E-state index is -1.37. The maximum Gasteiger partial charge on any atom is 0.215 e. The number of nitrogens with one attached hydrogen (secondary N) is 1. The molecule has 0 saturated carbocycles. The quantitative estimate of drug-likeness (QED) is 0.714. The summed E-state index contributed by atoms with van der Waals surface area (Å²) in [5.41, 5.74) is 3.75. The van der Waals surface area contributed by atoms with Crippen molar-refractivity contribution in [2.45, 2.75) is 45.0 Å². The van der Waals surface area contributed by atoms with E-state index in [1.807, 2.05) is 13.8 Å². The van der Waals surface area contributed by atoms with Crippen LogP contribution in [0, 0.1) is 13.8 Å². The van der Waals surface area contributed by atoms with Crippen LogP contribution in [0.25, 0.3) is 11.2 Å². The van der Waals surface area contributed by atoms with Gasteiger partial charge in [-0.15, -0.1) is 0 Å². The van der Waals surface area contributed by atoms with E-state index < -0.39 is 10.8 Å². The molecule has 0 aliphatic heterocycles. The zero-order valence-electron chi connectivity index (χ0n) is 16.6. The van der Waals surface area contributed by atoms with E-state index in [1.165, 1.54) is 6.42 Å². The predicted octanol–water partition coefficient (Wildman–Crippen LogP) is 3.71. The molecule has 0 amide bonds. The Morgan fingerprint density at radius 2 is 1.81 bits per heavy atom. The van der Waals surface area contributed by atoms with Gasteiger partial charge in [0.05, 0.1) is 42.0 Å². The highest BCUT2D eigenvalue weighted by atomic mass is 32.2. The van der Waals surface area contributed by atoms with Gasteiger partial charge in [0.15, 0.2) is 10.8 Å². The third-order valence-corrected chi connectivity index (χ3v) is 4.90. The number of fused-ring (bicyclic) bond motifs is 1. The van der Waals surface area contributed by atoms with E-state index in [-0.39, 0.29) is 5.75 Å². The van der Waals surface area contributed by atoms with Crippen LogP contribution in [-0.2, 0) is 16.6 Å². The van der Waals surface area contributed by atoms with Gasteiger partial charge in [0.25, 0.3) is 0 Å². The monoisotopic (exact) mass is 390 g/mol. The van der Waals surface area contributed by atoms with Crippen molar-refractivity contribution in [1.82, 2.24) is 19.9 Å². The number of nitrogens with zero attached hydrogens (tertiary/aromatic N) is 3. The molecule has 0 aliphatic rings. The molecule has 7 nitrogen and oxygen atoms in total. The summed E-state index contributed by atoms with van der Waals surface area (Å²) in [6.07, 6.45) is 2.98. The maximum atomic E-state index is 12.7. The first-order valence-corrected chi connectivity index (χ1v) is 10.0. The number of methoxy groups -OCH3 is 2. The van der Waals surface area contributed by atoms with Crippen molar-refractivity contribution in [2.24, 2.45) is 0 Å². The lowest BCUT2D eigenvalue weighted by Gasteiger charge is -2.11. The second kappa shape index (κ2) is 9.45. The van der Waals surface area contributed by atoms with E-state index in [0.29, 0.717) is 22.2 Å². The summed E-state index contributed by atoms with van der Waals surface area (Å²) < 4.78 is 23.1. The van der Waals surface area contributed by atoms with Crippen molar-refractivity contribution in [3.63, 3.8) is 0 Å². The molecule has 3 rings (SSSR count). The number of rotatable bonds is 5. The van der Waals surface area contributed by atoms with Crippen LogP contribution in [0.2, 0.25) is 0 Å². The van der Waals surface area contributed by atoms with Gasteiger partial charge < -0.3 is 14.5 Å². The summed E-state index contributed by atoms with van der Waals surface area (Å²) in [4.78, 5) is 15.9. The van der Waals surface area contributed by atoms with Crippen molar-refractivity contribution >= 4 is 22.0 Å². The number of aromatic nitrogens is 4. The Bertz CT molecular complexity index is 940. The summed E-state index contributed by atoms with van der Waals surface area (Å²) in [6.45, 7) is 8.09. The molecule has 1 atom stereocenters. The molecule has 3 aromatic rings. The number of aromatic amines is 1. The van der Waals surface area contributed by atoms with Crippen molar-refractivity contribution in [2.75, 3.05) is 14.2 Å². The second-order valence-electron chi connectivity index (χ2n) is 6.01. The molecule has 1 N–H and O–H groups in total. The summed E-state index contributed by atoms with van der Waals surface area (Å²) in [7, 11) is 1.79. The Kier molecular flexibility index (Phi) is 7.29. The number of imidazole rings is 1. The van der Waals surface area contributed by atoms with Crippen molar-refractivity contribution < 1.29 is 13.7 Å². The molecule has 0 aliphatic carbocycles. The van der Waals surface area contributed by atoms with Gasteiger partial charge in [0.1, 0.15) is 5.75 Å². The van der Waals surface area contributed by atoms with Crippen LogP contribution in [0.3, 0.4) is 0 Å². The number of hydrogen-bond acceptors (Lipinski definition) is 6. The molecule has 0 bridgehead atoms. The topological polar surface area (TPSA) is 90.0 Å². The van der Waals surface area contributed by atoms with Gasteiger partial charge in [0, 0.05) is 23.4 Å². The third-order valence-electron chi connectivity index (χ3n) is 3.74. The minimum absolute atomic E-state index is 0.249. The Labute approximate surface area is 162 Å². The average molecular weight is 391 g/mol. The van der Waals surface area contributed by atoms with Gasteiger partial charge >= 0.3 is 0 Å². The molecule has 0 saturated heterocycles. The van der Waals surface area contributed by atoms with Gasteiger partial charge in [0.2, 0.25) is 5.88 Å². The number of aryl methyl sites for hydroxylation is 1. The number of pyridine rings is 2. The molecule has 3 aromatic heterocycles. The van der Waals surface area contributed by atoms with E-state index >= 15 is 0 Å². The van der Waals surface area contributed by atoms with Crippen molar-refractivity contribution in [3.8, 4) is 11.6 Å². The molecule has 0 radical (unpaired) electrons. The average Bonchev–Trinajstić information content (AvgIpc) is 3.08. The summed E-state index contributed by atoms with van der Waals surface area (Å²) in [5.74, 6) is 1.49. The fraction of sp³-hybridized carbons (Fsp3) is 0.421. The fourth-order valence-electron chi connectivity index (χ4n) is 2.48. The van der Waals surface area contributed by atoms with Gasteiger partial charge in [-0.1, -0.05) is 20.3 Å². The van der Waals surface area contributed by atoms with Gasteiger partial charge in [-0.2, -0.15) is 4.98 Å². The number of ether oxygens (including phenoxy) is 2. The van der Waals surface area contributed by atoms with Gasteiger partial charge in [-0.05, 0) is 19.9 Å². The Morgan fingerprint density at radius 3 is 2.44 bits per heavy atom. The number of hydrogen-bond donors (Lipinski definition) is 1. The standard InChI is InChI=1S/C16H18N4O3S.C3H8/c1-9-7-17-12(10(2)14(9)23-4)8-24(21)16-18-11-5-6-13(22-3)19-15(11)20-16;1-3-2/h5-7H,8H2,1-4H3,(H,18,19,20);3H2,1-2H3. The highest BCUT2D eigenvalue weighted by Crippen LogP contribution is 2.25. The molecular formula is C19H26N4O3S. The van der Waals surface area contributed by atoms with E-state index in [1.54, 1.807) is 32.5 Å². The Hall–Kier alpha value is -2.48. The molecule has 27 heavy (non-hydrogen) atoms. The first-order chi connectivity index (χ1) is 12.9. The van der Waals surface area contributed by atoms with Crippen LogP contribution >= 0.6 is 0 Å². The summed E-state index contributed by atoms with van der Waals surface area (Å²) >= 11 is 0. The van der Waals surface area contributed by atoms with Crippen LogP contribution < -0.4 is 9.47 Å². The van der Waals surface area contributed by atoms with Gasteiger partial charge in [-0.25, -0.2) is 4.98 Å². The molecule has 0 fully saturated rings. The van der Waals surface area contributed by atoms with Crippen LogP contribution in [0.1, 0.15) is 37.1 Å². The fourth-order valence-corrected chi connectivity index (χ4v) is 3.57. The lowest BCUT2D eigenvalue weighted by molar-refractivity contribution is 0.399. The van der Waals surface area contributed by atoms with Crippen LogP contribution in [0.4, 0.5) is 0 Å². The molecule has 1 unspecified atom stereocenters. The second-order valence-corrected chi connectivity index (χ2v) is 7.38. The first kappa shape index (κ1) is 20.8. The molecular weight excluding hydrogens is 364 g/mol. The van der Waals surface area contributed by atoms with Crippen LogP contribution in [0.15, 0.2) is 23.5 Å². The minimum Gasteiger partial charge on any atom is -0.496 e. The normalized spacial score (nSPS) is 11.6. The van der Waals surface area contributed by atoms with Gasteiger partial charge in [-0.3, -0.25) is 9.19 Å². The Morgan fingerprint density at radius 1 is 1.11 bits per heavy atom. The van der Waals surface area contributed by atoms with Crippen molar-refractivity contribution in [3.05, 3.63) is 35.2 Å².